The Balaban J connectivity index is 2.58. The molecule has 2 atom stereocenters. The van der Waals surface area contributed by atoms with Crippen molar-refractivity contribution in [3.63, 3.8) is 0 Å². The predicted octanol–water partition coefficient (Wildman–Crippen LogP) is 1.39. The fourth-order valence-electron chi connectivity index (χ4n) is 1.53. The van der Waals surface area contributed by atoms with Gasteiger partial charge in [0.1, 0.15) is 0 Å². The Kier molecular flexibility index (Phi) is 3.09. The van der Waals surface area contributed by atoms with Crippen molar-refractivity contribution in [2.24, 2.45) is 11.3 Å². The summed E-state index contributed by atoms with van der Waals surface area (Å²) in [6, 6.07) is 0. The van der Waals surface area contributed by atoms with E-state index in [0.717, 1.165) is 0 Å². The van der Waals surface area contributed by atoms with Crippen LogP contribution in [0.5, 0.6) is 0 Å². The van der Waals surface area contributed by atoms with Crippen LogP contribution in [0.2, 0.25) is 0 Å². The van der Waals surface area contributed by atoms with E-state index in [-0.39, 0.29) is 17.3 Å². The molecule has 0 unspecified atom stereocenters. The predicted molar refractivity (Wildman–Crippen MR) is 49.2 cm³/mol. The van der Waals surface area contributed by atoms with Crippen molar-refractivity contribution in [3.05, 3.63) is 12.7 Å². The Bertz CT molecular complexity index is 212. The van der Waals surface area contributed by atoms with Gasteiger partial charge >= 0.3 is 5.97 Å². The van der Waals surface area contributed by atoms with Crippen molar-refractivity contribution in [2.75, 3.05) is 20.3 Å². The first kappa shape index (κ1) is 10.3. The Morgan fingerprint density at radius 1 is 1.85 bits per heavy atom. The number of carbonyl (C=O) groups is 1. The minimum Gasteiger partial charge on any atom is -0.469 e. The molecular weight excluding hydrogens is 168 g/mol. The summed E-state index contributed by atoms with van der Waals surface area (Å²) in [7, 11) is 1.41. The van der Waals surface area contributed by atoms with E-state index in [1.165, 1.54) is 7.11 Å². The van der Waals surface area contributed by atoms with Gasteiger partial charge in [0.2, 0.25) is 0 Å². The van der Waals surface area contributed by atoms with Crippen molar-refractivity contribution >= 4 is 5.97 Å². The van der Waals surface area contributed by atoms with Gasteiger partial charge in [0.25, 0.3) is 0 Å². The first-order valence-corrected chi connectivity index (χ1v) is 4.40. The number of methoxy groups -OCH3 is 1. The average Bonchev–Trinajstić information content (AvgIpc) is 2.49. The topological polar surface area (TPSA) is 35.5 Å². The molecule has 0 aromatic carbocycles. The molecular formula is C10H16O3. The summed E-state index contributed by atoms with van der Waals surface area (Å²) in [5.74, 6) is 0.0287. The molecule has 0 N–H and O–H groups in total. The zero-order valence-electron chi connectivity index (χ0n) is 8.21. The Morgan fingerprint density at radius 2 is 2.54 bits per heavy atom. The molecule has 74 valence electrons. The second-order valence-corrected chi connectivity index (χ2v) is 3.70. The molecule has 0 bridgehead atoms. The molecule has 0 saturated carbocycles. The van der Waals surface area contributed by atoms with E-state index < -0.39 is 0 Å². The quantitative estimate of drug-likeness (QED) is 0.491. The minimum atomic E-state index is -0.177. The van der Waals surface area contributed by atoms with Crippen LogP contribution in [0.1, 0.15) is 13.3 Å². The van der Waals surface area contributed by atoms with Gasteiger partial charge in [0.15, 0.2) is 0 Å². The van der Waals surface area contributed by atoms with E-state index >= 15 is 0 Å². The summed E-state index contributed by atoms with van der Waals surface area (Å²) in [6.07, 6.45) is 2.28. The Morgan fingerprint density at radius 3 is 3.08 bits per heavy atom. The maximum atomic E-state index is 11.1. The van der Waals surface area contributed by atoms with Gasteiger partial charge in [-0.25, -0.2) is 0 Å². The molecule has 0 radical (unpaired) electrons. The molecule has 0 aromatic rings. The highest BCUT2D eigenvalue weighted by molar-refractivity contribution is 5.69. The number of hydrogen-bond acceptors (Lipinski definition) is 3. The minimum absolute atomic E-state index is 0.0752. The molecule has 1 aliphatic rings. The summed E-state index contributed by atoms with van der Waals surface area (Å²) in [6.45, 7) is 7.10. The van der Waals surface area contributed by atoms with E-state index in [4.69, 9.17) is 4.74 Å². The van der Waals surface area contributed by atoms with E-state index in [2.05, 4.69) is 18.2 Å². The fourth-order valence-corrected chi connectivity index (χ4v) is 1.53. The average molecular weight is 184 g/mol. The lowest BCUT2D eigenvalue weighted by Crippen LogP contribution is -2.25. The number of ether oxygens (including phenoxy) is 2. The summed E-state index contributed by atoms with van der Waals surface area (Å²) in [5.41, 5.74) is -0.0752. The van der Waals surface area contributed by atoms with Gasteiger partial charge in [-0.1, -0.05) is 13.0 Å². The third-order valence-electron chi connectivity index (χ3n) is 2.77. The molecule has 3 nitrogen and oxygen atoms in total. The Hall–Kier alpha value is -0.830. The zero-order chi connectivity index (χ0) is 9.90. The highest BCUT2D eigenvalue weighted by Crippen LogP contribution is 2.37. The second kappa shape index (κ2) is 3.92. The first-order chi connectivity index (χ1) is 6.12. The molecule has 1 rings (SSSR count). The largest absolute Gasteiger partial charge is 0.469 e. The van der Waals surface area contributed by atoms with Crippen molar-refractivity contribution in [3.8, 4) is 0 Å². The maximum absolute atomic E-state index is 11.1. The van der Waals surface area contributed by atoms with Crippen LogP contribution in [-0.2, 0) is 14.3 Å². The van der Waals surface area contributed by atoms with Crippen LogP contribution >= 0.6 is 0 Å². The van der Waals surface area contributed by atoms with Gasteiger partial charge in [-0.2, -0.15) is 0 Å². The SMILES string of the molecule is C=C[C@]1(C)COC[C@@H]1CC(=O)OC. The molecule has 0 aliphatic carbocycles. The monoisotopic (exact) mass is 184 g/mol. The van der Waals surface area contributed by atoms with E-state index in [0.29, 0.717) is 19.6 Å². The van der Waals surface area contributed by atoms with Gasteiger partial charge in [-0.05, 0) is 0 Å². The fraction of sp³-hybridized carbons (Fsp3) is 0.700. The van der Waals surface area contributed by atoms with E-state index in [9.17, 15) is 4.79 Å². The maximum Gasteiger partial charge on any atom is 0.305 e. The number of rotatable bonds is 3. The van der Waals surface area contributed by atoms with Crippen molar-refractivity contribution < 1.29 is 14.3 Å². The molecule has 3 heteroatoms. The van der Waals surface area contributed by atoms with Crippen molar-refractivity contribution in [1.82, 2.24) is 0 Å². The van der Waals surface area contributed by atoms with Crippen molar-refractivity contribution in [2.45, 2.75) is 13.3 Å². The molecule has 0 spiro atoms. The normalized spacial score (nSPS) is 32.9. The standard InChI is InChI=1S/C10H16O3/c1-4-10(2)7-13-6-8(10)5-9(11)12-3/h4,8H,1,5-7H2,2-3H3/t8-,10+/m0/s1. The number of esters is 1. The summed E-state index contributed by atoms with van der Waals surface area (Å²) in [4.78, 5) is 11.1. The summed E-state index contributed by atoms with van der Waals surface area (Å²) >= 11 is 0. The lowest BCUT2D eigenvalue weighted by molar-refractivity contribution is -0.142. The third-order valence-corrected chi connectivity index (χ3v) is 2.77. The molecule has 0 amide bonds. The highest BCUT2D eigenvalue weighted by Gasteiger charge is 2.38. The van der Waals surface area contributed by atoms with Crippen molar-refractivity contribution in [1.29, 1.82) is 0 Å². The summed E-state index contributed by atoms with van der Waals surface area (Å²) < 4.78 is 9.95. The zero-order valence-corrected chi connectivity index (χ0v) is 8.21. The van der Waals surface area contributed by atoms with Crippen LogP contribution in [0.4, 0.5) is 0 Å². The molecule has 1 saturated heterocycles. The van der Waals surface area contributed by atoms with E-state index in [1.54, 1.807) is 0 Å². The van der Waals surface area contributed by atoms with Crippen LogP contribution in [0, 0.1) is 11.3 Å². The Labute approximate surface area is 78.7 Å². The van der Waals surface area contributed by atoms with Gasteiger partial charge in [-0.3, -0.25) is 4.79 Å². The number of carbonyl (C=O) groups excluding carboxylic acids is 1. The van der Waals surface area contributed by atoms with Gasteiger partial charge < -0.3 is 9.47 Å². The number of hydrogen-bond donors (Lipinski definition) is 0. The van der Waals surface area contributed by atoms with Gasteiger partial charge in [0, 0.05) is 11.3 Å². The summed E-state index contributed by atoms with van der Waals surface area (Å²) in [5, 5.41) is 0. The molecule has 1 aliphatic heterocycles. The second-order valence-electron chi connectivity index (χ2n) is 3.70. The van der Waals surface area contributed by atoms with Crippen LogP contribution in [0.3, 0.4) is 0 Å². The van der Waals surface area contributed by atoms with Gasteiger partial charge in [0.05, 0.1) is 26.7 Å². The van der Waals surface area contributed by atoms with Crippen LogP contribution in [0.25, 0.3) is 0 Å². The van der Waals surface area contributed by atoms with Gasteiger partial charge in [-0.15, -0.1) is 6.58 Å². The van der Waals surface area contributed by atoms with E-state index in [1.807, 2.05) is 6.08 Å². The third kappa shape index (κ3) is 2.10. The molecule has 1 fully saturated rings. The highest BCUT2D eigenvalue weighted by atomic mass is 16.5. The molecule has 1 heterocycles. The lowest BCUT2D eigenvalue weighted by atomic mass is 9.78. The molecule has 0 aromatic heterocycles. The lowest BCUT2D eigenvalue weighted by Gasteiger charge is -2.24. The van der Waals surface area contributed by atoms with Crippen LogP contribution in [-0.4, -0.2) is 26.3 Å². The first-order valence-electron chi connectivity index (χ1n) is 4.40. The molecule has 13 heavy (non-hydrogen) atoms. The van der Waals surface area contributed by atoms with Crippen LogP contribution in [0.15, 0.2) is 12.7 Å². The smallest absolute Gasteiger partial charge is 0.305 e. The van der Waals surface area contributed by atoms with Crippen LogP contribution < -0.4 is 0 Å².